The molecule has 1 aromatic carbocycles. The van der Waals surface area contributed by atoms with Gasteiger partial charge in [-0.05, 0) is 18.2 Å². The number of hydrogen-bond acceptors (Lipinski definition) is 10. The largest absolute Gasteiger partial charge is 0.443 e. The van der Waals surface area contributed by atoms with Crippen LogP contribution in [0.2, 0.25) is 0 Å². The molecule has 1 saturated heterocycles. The number of benzene rings is 1. The van der Waals surface area contributed by atoms with Crippen LogP contribution in [0.25, 0.3) is 10.2 Å². The maximum atomic E-state index is 12.0. The lowest BCUT2D eigenvalue weighted by Crippen LogP contribution is -2.57. The molecule has 1 unspecified atom stereocenters. The summed E-state index contributed by atoms with van der Waals surface area (Å²) >= 11 is 2.46. The predicted molar refractivity (Wildman–Crippen MR) is 87.8 cm³/mol. The van der Waals surface area contributed by atoms with Gasteiger partial charge in [-0.15, -0.1) is 0 Å². The predicted octanol–water partition coefficient (Wildman–Crippen LogP) is 1.14. The van der Waals surface area contributed by atoms with Crippen molar-refractivity contribution in [2.24, 2.45) is 0 Å². The van der Waals surface area contributed by atoms with E-state index in [4.69, 9.17) is 9.07 Å². The maximum Gasteiger partial charge on any atom is 0.336 e. The molecule has 1 fully saturated rings. The highest BCUT2D eigenvalue weighted by molar-refractivity contribution is 7.94. The van der Waals surface area contributed by atoms with Gasteiger partial charge in [0.1, 0.15) is 0 Å². The van der Waals surface area contributed by atoms with Crippen molar-refractivity contribution < 1.29 is 23.5 Å². The van der Waals surface area contributed by atoms with Gasteiger partial charge in [0.2, 0.25) is 6.04 Å². The van der Waals surface area contributed by atoms with E-state index in [1.54, 1.807) is 7.05 Å². The van der Waals surface area contributed by atoms with Gasteiger partial charge >= 0.3 is 5.97 Å². The molecule has 0 radical (unpaired) electrons. The zero-order valence-electron chi connectivity index (χ0n) is 12.8. The summed E-state index contributed by atoms with van der Waals surface area (Å²) in [5, 5.41) is 0.522. The number of nitrogens with one attached hydrogen (secondary N) is 2. The number of aromatic nitrogens is 1. The van der Waals surface area contributed by atoms with Crippen LogP contribution >= 0.6 is 23.4 Å². The Kier molecular flexibility index (Phi) is 5.16. The van der Waals surface area contributed by atoms with E-state index >= 15 is 0 Å². The second-order valence-corrected chi connectivity index (χ2v) is 6.60. The number of amides is 1. The molecule has 3 rings (SSSR count). The van der Waals surface area contributed by atoms with Crippen molar-refractivity contribution in [3.05, 3.63) is 18.2 Å². The first-order chi connectivity index (χ1) is 11.6. The number of hydrogen-bond donors (Lipinski definition) is 2. The Morgan fingerprint density at radius 3 is 3.08 bits per heavy atom. The lowest BCUT2D eigenvalue weighted by Gasteiger charge is -2.28. The molecule has 2 heterocycles. The van der Waals surface area contributed by atoms with Crippen molar-refractivity contribution >= 4 is 50.6 Å². The first-order valence-corrected chi connectivity index (χ1v) is 8.35. The number of anilines is 1. The van der Waals surface area contributed by atoms with E-state index < -0.39 is 12.0 Å². The van der Waals surface area contributed by atoms with Crippen LogP contribution in [0, 0.1) is 0 Å². The van der Waals surface area contributed by atoms with Crippen molar-refractivity contribution in [1.82, 2.24) is 15.3 Å². The number of esters is 1. The first-order valence-electron chi connectivity index (χ1n) is 6.79. The molecule has 0 spiro atoms. The van der Waals surface area contributed by atoms with Crippen LogP contribution in [0.4, 0.5) is 5.13 Å². The topological polar surface area (TPSA) is 102 Å². The van der Waals surface area contributed by atoms with E-state index in [0.29, 0.717) is 5.13 Å². The summed E-state index contributed by atoms with van der Waals surface area (Å²) in [4.78, 5) is 34.7. The Morgan fingerprint density at radius 2 is 2.29 bits per heavy atom. The van der Waals surface area contributed by atoms with Crippen LogP contribution in [0.5, 0.6) is 0 Å². The van der Waals surface area contributed by atoms with Gasteiger partial charge in [-0.25, -0.2) is 20.1 Å². The van der Waals surface area contributed by atoms with Gasteiger partial charge in [-0.1, -0.05) is 11.3 Å². The van der Waals surface area contributed by atoms with Crippen LogP contribution in [-0.2, 0) is 23.5 Å². The summed E-state index contributed by atoms with van der Waals surface area (Å²) in [6.07, 6.45) is 0. The molecule has 1 aliphatic rings. The van der Waals surface area contributed by atoms with Gasteiger partial charge in [0.15, 0.2) is 11.9 Å². The van der Waals surface area contributed by atoms with Crippen LogP contribution in [0.3, 0.4) is 0 Å². The van der Waals surface area contributed by atoms with E-state index in [0.717, 1.165) is 27.2 Å². The lowest BCUT2D eigenvalue weighted by atomic mass is 10.2. The second kappa shape index (κ2) is 7.32. The molecule has 128 valence electrons. The molecule has 0 aliphatic carbocycles. The minimum atomic E-state index is -1.10. The molecule has 11 heteroatoms. The summed E-state index contributed by atoms with van der Waals surface area (Å²) in [5.41, 5.74) is 6.23. The molecule has 0 saturated carbocycles. The molecule has 2 N–H and O–H groups in total. The molecule has 24 heavy (non-hydrogen) atoms. The number of fused-ring (bicyclic) bond motifs is 1. The Morgan fingerprint density at radius 1 is 1.46 bits per heavy atom. The highest BCUT2D eigenvalue weighted by atomic mass is 32.2. The van der Waals surface area contributed by atoms with Gasteiger partial charge in [0, 0.05) is 11.9 Å². The van der Waals surface area contributed by atoms with Crippen molar-refractivity contribution in [3.8, 4) is 0 Å². The molecule has 1 atom stereocenters. The van der Waals surface area contributed by atoms with Gasteiger partial charge in [-0.2, -0.15) is 4.33 Å². The zero-order chi connectivity index (χ0) is 17.1. The fraction of sp³-hybridized carbons (Fsp3) is 0.308. The van der Waals surface area contributed by atoms with E-state index in [-0.39, 0.29) is 12.6 Å². The van der Waals surface area contributed by atoms with Crippen molar-refractivity contribution in [2.45, 2.75) is 10.9 Å². The third-order valence-corrected chi connectivity index (χ3v) is 4.73. The second-order valence-electron chi connectivity index (χ2n) is 4.80. The molecule has 2 aromatic rings. The normalized spacial score (nSPS) is 18.1. The minimum absolute atomic E-state index is 0.0407. The average molecular weight is 370 g/mol. The van der Waals surface area contributed by atoms with Crippen LogP contribution in [0.15, 0.2) is 23.1 Å². The minimum Gasteiger partial charge on any atom is -0.443 e. The molecular formula is C13H14N4O5S2. The molecule has 1 aliphatic heterocycles. The smallest absolute Gasteiger partial charge is 0.336 e. The number of ether oxygens (including phenoxy) is 1. The van der Waals surface area contributed by atoms with Crippen LogP contribution in [-0.4, -0.2) is 48.7 Å². The van der Waals surface area contributed by atoms with Gasteiger partial charge in [0.05, 0.1) is 29.4 Å². The van der Waals surface area contributed by atoms with Crippen LogP contribution in [0.1, 0.15) is 0 Å². The Bertz CT molecular complexity index is 768. The third-order valence-electron chi connectivity index (χ3n) is 3.14. The molecule has 9 nitrogen and oxygen atoms in total. The third kappa shape index (κ3) is 3.60. The Labute approximate surface area is 145 Å². The SMILES string of the molecule is COOSc1ccc2nc(NNC3C(=O)OCN(C)C3=O)sc2c1. The van der Waals surface area contributed by atoms with Gasteiger partial charge in [0.25, 0.3) is 5.91 Å². The highest BCUT2D eigenvalue weighted by Gasteiger charge is 2.35. The fourth-order valence-electron chi connectivity index (χ4n) is 1.97. The molecule has 1 amide bonds. The summed E-state index contributed by atoms with van der Waals surface area (Å²) in [7, 11) is 2.99. The summed E-state index contributed by atoms with van der Waals surface area (Å²) in [6, 6.07) is 4.49. The quantitative estimate of drug-likeness (QED) is 0.255. The Balaban J connectivity index is 1.69. The number of nitrogens with zero attached hydrogens (tertiary/aromatic N) is 2. The van der Waals surface area contributed by atoms with Crippen molar-refractivity contribution in [3.63, 3.8) is 0 Å². The summed E-state index contributed by atoms with van der Waals surface area (Å²) in [6.45, 7) is -0.0407. The lowest BCUT2D eigenvalue weighted by molar-refractivity contribution is -0.167. The van der Waals surface area contributed by atoms with Gasteiger partial charge in [-0.3, -0.25) is 10.2 Å². The number of cyclic esters (lactones) is 1. The summed E-state index contributed by atoms with van der Waals surface area (Å²) in [5.74, 6) is -0.989. The van der Waals surface area contributed by atoms with Gasteiger partial charge < -0.3 is 9.64 Å². The number of likely N-dealkylation sites (N-methyl/N-ethyl adjacent to an activating group) is 1. The number of thiazole rings is 1. The fourth-order valence-corrected chi connectivity index (χ4v) is 3.34. The number of carbonyl (C=O) groups is 2. The number of hydrazine groups is 1. The standard InChI is InChI=1S/C13H14N4O5S2/c1-17-6-21-12(19)10(11(17)18)15-16-13-14-8-4-3-7(24-22-20-2)5-9(8)23-13/h3-5,10,15H,6H2,1-2H3,(H,14,16). The van der Waals surface area contributed by atoms with Crippen molar-refractivity contribution in [2.75, 3.05) is 26.3 Å². The van der Waals surface area contributed by atoms with E-state index in [9.17, 15) is 9.59 Å². The monoisotopic (exact) mass is 370 g/mol. The summed E-state index contributed by atoms with van der Waals surface area (Å²) < 4.78 is 10.6. The Hall–Kier alpha value is -1.92. The molecular weight excluding hydrogens is 356 g/mol. The average Bonchev–Trinajstić information content (AvgIpc) is 2.98. The number of rotatable bonds is 6. The van der Waals surface area contributed by atoms with E-state index in [2.05, 4.69) is 20.7 Å². The van der Waals surface area contributed by atoms with E-state index in [1.165, 1.54) is 23.3 Å². The molecule has 1 aromatic heterocycles. The highest BCUT2D eigenvalue weighted by Crippen LogP contribution is 2.30. The van der Waals surface area contributed by atoms with Crippen molar-refractivity contribution in [1.29, 1.82) is 0 Å². The number of carbonyl (C=O) groups excluding carboxylic acids is 2. The zero-order valence-corrected chi connectivity index (χ0v) is 14.4. The first kappa shape index (κ1) is 16.9. The van der Waals surface area contributed by atoms with Crippen LogP contribution < -0.4 is 10.9 Å². The van der Waals surface area contributed by atoms with E-state index in [1.807, 2.05) is 18.2 Å². The molecule has 0 bridgehead atoms. The maximum absolute atomic E-state index is 12.0.